The number of ether oxygens (including phenoxy) is 1. The average Bonchev–Trinajstić information content (AvgIpc) is 2.60. The van der Waals surface area contributed by atoms with Gasteiger partial charge in [0.1, 0.15) is 0 Å². The van der Waals surface area contributed by atoms with Crippen LogP contribution >= 0.6 is 11.8 Å². The molecule has 1 aliphatic heterocycles. The van der Waals surface area contributed by atoms with Gasteiger partial charge in [-0.1, -0.05) is 0 Å². The molecular weight excluding hydrogens is 172 g/mol. The van der Waals surface area contributed by atoms with E-state index in [9.17, 15) is 4.79 Å². The van der Waals surface area contributed by atoms with Crippen molar-refractivity contribution >= 4 is 17.7 Å². The second kappa shape index (κ2) is 3.29. The Morgan fingerprint density at radius 2 is 1.92 bits per heavy atom. The molecule has 12 heavy (non-hydrogen) atoms. The van der Waals surface area contributed by atoms with Crippen LogP contribution in [0.1, 0.15) is 12.8 Å². The molecule has 1 heterocycles. The van der Waals surface area contributed by atoms with Gasteiger partial charge in [0.05, 0.1) is 13.0 Å². The number of thioether (sulfide) groups is 1. The van der Waals surface area contributed by atoms with Crippen LogP contribution in [-0.2, 0) is 9.53 Å². The average molecular weight is 186 g/mol. The predicted molar refractivity (Wildman–Crippen MR) is 49.0 cm³/mol. The lowest BCUT2D eigenvalue weighted by atomic mass is 10.0. The number of rotatable bonds is 1. The van der Waals surface area contributed by atoms with Crippen LogP contribution in [-0.4, -0.2) is 24.6 Å². The minimum Gasteiger partial charge on any atom is -0.469 e. The highest BCUT2D eigenvalue weighted by atomic mass is 32.2. The Morgan fingerprint density at radius 3 is 2.42 bits per heavy atom. The molecule has 0 bridgehead atoms. The van der Waals surface area contributed by atoms with Gasteiger partial charge < -0.3 is 4.74 Å². The third kappa shape index (κ3) is 1.35. The van der Waals surface area contributed by atoms with E-state index in [1.165, 1.54) is 18.6 Å². The molecule has 0 aromatic rings. The highest BCUT2D eigenvalue weighted by molar-refractivity contribution is 7.99. The van der Waals surface area contributed by atoms with Crippen LogP contribution in [0.3, 0.4) is 0 Å². The third-order valence-electron chi connectivity index (χ3n) is 3.04. The van der Waals surface area contributed by atoms with E-state index in [1.54, 1.807) is 0 Å². The van der Waals surface area contributed by atoms with Crippen LogP contribution in [0.15, 0.2) is 0 Å². The Labute approximate surface area is 77.0 Å². The Morgan fingerprint density at radius 1 is 1.33 bits per heavy atom. The molecule has 3 atom stereocenters. The number of hydrogen-bond donors (Lipinski definition) is 0. The second-order valence-corrected chi connectivity index (χ2v) is 4.82. The van der Waals surface area contributed by atoms with E-state index in [4.69, 9.17) is 4.74 Å². The summed E-state index contributed by atoms with van der Waals surface area (Å²) < 4.78 is 4.75. The Kier molecular flexibility index (Phi) is 2.31. The topological polar surface area (TPSA) is 26.3 Å². The number of methoxy groups -OCH3 is 1. The molecule has 0 spiro atoms. The van der Waals surface area contributed by atoms with Crippen molar-refractivity contribution in [1.29, 1.82) is 0 Å². The fourth-order valence-corrected chi connectivity index (χ4v) is 3.91. The van der Waals surface area contributed by atoms with E-state index in [-0.39, 0.29) is 11.9 Å². The van der Waals surface area contributed by atoms with Crippen molar-refractivity contribution in [2.75, 3.05) is 18.6 Å². The smallest absolute Gasteiger partial charge is 0.308 e. The van der Waals surface area contributed by atoms with Crippen molar-refractivity contribution in [3.05, 3.63) is 0 Å². The molecule has 3 heteroatoms. The second-order valence-electron chi connectivity index (χ2n) is 3.75. The van der Waals surface area contributed by atoms with Gasteiger partial charge in [-0.25, -0.2) is 0 Å². The van der Waals surface area contributed by atoms with E-state index in [1.807, 2.05) is 11.8 Å². The molecule has 2 nitrogen and oxygen atoms in total. The molecular formula is C9H14O2S. The zero-order chi connectivity index (χ0) is 8.55. The van der Waals surface area contributed by atoms with E-state index in [0.29, 0.717) is 0 Å². The van der Waals surface area contributed by atoms with Gasteiger partial charge in [-0.2, -0.15) is 11.8 Å². The van der Waals surface area contributed by atoms with Gasteiger partial charge in [-0.3, -0.25) is 4.79 Å². The third-order valence-corrected chi connectivity index (χ3v) is 4.37. The molecule has 1 saturated carbocycles. The zero-order valence-electron chi connectivity index (χ0n) is 7.29. The van der Waals surface area contributed by atoms with Crippen LogP contribution in [0, 0.1) is 17.8 Å². The fourth-order valence-electron chi connectivity index (χ4n) is 2.35. The Balaban J connectivity index is 1.94. The maximum atomic E-state index is 11.2. The summed E-state index contributed by atoms with van der Waals surface area (Å²) in [7, 11) is 1.49. The van der Waals surface area contributed by atoms with Gasteiger partial charge in [0, 0.05) is 0 Å². The minimum atomic E-state index is 0.00870. The molecule has 0 aromatic heterocycles. The summed E-state index contributed by atoms with van der Waals surface area (Å²) in [5.41, 5.74) is 0. The van der Waals surface area contributed by atoms with E-state index in [0.717, 1.165) is 24.7 Å². The predicted octanol–water partition coefficient (Wildman–Crippen LogP) is 1.55. The Bertz CT molecular complexity index is 181. The number of fused-ring (bicyclic) bond motifs is 1. The highest BCUT2D eigenvalue weighted by Crippen LogP contribution is 2.45. The lowest BCUT2D eigenvalue weighted by molar-refractivity contribution is -0.145. The first-order chi connectivity index (χ1) is 5.81. The molecule has 2 aliphatic rings. The zero-order valence-corrected chi connectivity index (χ0v) is 8.10. The number of hydrogen-bond acceptors (Lipinski definition) is 3. The minimum absolute atomic E-state index is 0.00870. The van der Waals surface area contributed by atoms with Gasteiger partial charge in [0.25, 0.3) is 0 Å². The van der Waals surface area contributed by atoms with Gasteiger partial charge >= 0.3 is 5.97 Å². The van der Waals surface area contributed by atoms with E-state index >= 15 is 0 Å². The van der Waals surface area contributed by atoms with Gasteiger partial charge in [0.15, 0.2) is 0 Å². The highest BCUT2D eigenvalue weighted by Gasteiger charge is 2.40. The van der Waals surface area contributed by atoms with E-state index in [2.05, 4.69) is 0 Å². The summed E-state index contributed by atoms with van der Waals surface area (Å²) in [6, 6.07) is 0. The molecule has 0 aromatic carbocycles. The van der Waals surface area contributed by atoms with Crippen molar-refractivity contribution in [2.24, 2.45) is 17.8 Å². The number of carbonyl (C=O) groups is 1. The first-order valence-electron chi connectivity index (χ1n) is 4.47. The first-order valence-corrected chi connectivity index (χ1v) is 5.62. The molecule has 0 N–H and O–H groups in total. The van der Waals surface area contributed by atoms with Crippen molar-refractivity contribution in [1.82, 2.24) is 0 Å². The molecule has 1 saturated heterocycles. The maximum Gasteiger partial charge on any atom is 0.308 e. The van der Waals surface area contributed by atoms with Crippen LogP contribution in [0.4, 0.5) is 0 Å². The summed E-state index contributed by atoms with van der Waals surface area (Å²) in [5, 5.41) is 0. The van der Waals surface area contributed by atoms with Gasteiger partial charge in [0.2, 0.25) is 0 Å². The lowest BCUT2D eigenvalue weighted by Crippen LogP contribution is -2.13. The van der Waals surface area contributed by atoms with Gasteiger partial charge in [-0.15, -0.1) is 0 Å². The molecule has 1 unspecified atom stereocenters. The molecule has 2 rings (SSSR count). The quantitative estimate of drug-likeness (QED) is 0.581. The largest absolute Gasteiger partial charge is 0.469 e. The molecule has 0 radical (unpaired) electrons. The number of carbonyl (C=O) groups excluding carboxylic acids is 1. The summed E-state index contributed by atoms with van der Waals surface area (Å²) in [5.74, 6) is 4.36. The summed E-state index contributed by atoms with van der Waals surface area (Å²) in [6.45, 7) is 0. The standard InChI is InChI=1S/C9H14O2S/c1-11-9(10)6-2-7-4-12-5-8(7)3-6/h6-8H,2-5H2,1H3/t6?,7-,8+. The first kappa shape index (κ1) is 8.42. The van der Waals surface area contributed by atoms with Crippen LogP contribution < -0.4 is 0 Å². The fraction of sp³-hybridized carbons (Fsp3) is 0.889. The maximum absolute atomic E-state index is 11.2. The van der Waals surface area contributed by atoms with Crippen molar-refractivity contribution in [3.63, 3.8) is 0 Å². The van der Waals surface area contributed by atoms with Crippen LogP contribution in [0.25, 0.3) is 0 Å². The van der Waals surface area contributed by atoms with Crippen LogP contribution in [0.2, 0.25) is 0 Å². The Hall–Kier alpha value is -0.180. The summed E-state index contributed by atoms with van der Waals surface area (Å²) in [6.07, 6.45) is 2.15. The van der Waals surface area contributed by atoms with Crippen molar-refractivity contribution < 1.29 is 9.53 Å². The van der Waals surface area contributed by atoms with Gasteiger partial charge in [-0.05, 0) is 36.2 Å². The molecule has 68 valence electrons. The number of esters is 1. The molecule has 1 aliphatic carbocycles. The lowest BCUT2D eigenvalue weighted by Gasteiger charge is -2.06. The summed E-state index contributed by atoms with van der Waals surface area (Å²) >= 11 is 2.04. The van der Waals surface area contributed by atoms with Crippen LogP contribution in [0.5, 0.6) is 0 Å². The SMILES string of the molecule is COC(=O)C1C[C@H]2CSC[C@H]2C1. The normalized spacial score (nSPS) is 39.6. The molecule has 0 amide bonds. The van der Waals surface area contributed by atoms with Crippen molar-refractivity contribution in [3.8, 4) is 0 Å². The molecule has 2 fully saturated rings. The summed E-state index contributed by atoms with van der Waals surface area (Å²) in [4.78, 5) is 11.2. The van der Waals surface area contributed by atoms with Crippen molar-refractivity contribution in [2.45, 2.75) is 12.8 Å². The monoisotopic (exact) mass is 186 g/mol. The van der Waals surface area contributed by atoms with E-state index < -0.39 is 0 Å².